The van der Waals surface area contributed by atoms with Crippen LogP contribution in [0, 0.1) is 11.8 Å². The molecule has 0 amide bonds. The van der Waals surface area contributed by atoms with Crippen molar-refractivity contribution in [3.8, 4) is 5.75 Å². The maximum atomic E-state index is 6.33. The fourth-order valence-corrected chi connectivity index (χ4v) is 5.75. The molecule has 31 heavy (non-hydrogen) atoms. The van der Waals surface area contributed by atoms with Crippen LogP contribution in [0.25, 0.3) is 0 Å². The molecule has 3 aliphatic rings. The van der Waals surface area contributed by atoms with Crippen LogP contribution in [0.3, 0.4) is 0 Å². The van der Waals surface area contributed by atoms with Crippen molar-refractivity contribution >= 4 is 18.1 Å². The first-order valence-electron chi connectivity index (χ1n) is 11.6. The Bertz CT molecular complexity index is 839. The molecule has 0 aromatic heterocycles. The van der Waals surface area contributed by atoms with E-state index in [0.29, 0.717) is 12.0 Å². The number of rotatable bonds is 5. The second-order valence-corrected chi connectivity index (χ2v) is 9.14. The quantitative estimate of drug-likeness (QED) is 0.678. The lowest BCUT2D eigenvalue weighted by atomic mass is 9.73. The number of anilines is 1. The fourth-order valence-electron chi connectivity index (χ4n) is 5.75. The number of benzene rings is 2. The van der Waals surface area contributed by atoms with Crippen LogP contribution in [0.4, 0.5) is 5.69 Å². The van der Waals surface area contributed by atoms with Crippen molar-refractivity contribution in [3.63, 3.8) is 0 Å². The highest BCUT2D eigenvalue weighted by Gasteiger charge is 2.43. The fraction of sp³-hybridized carbons (Fsp3) is 0.538. The van der Waals surface area contributed by atoms with Gasteiger partial charge in [-0.25, -0.2) is 0 Å². The zero-order chi connectivity index (χ0) is 20.3. The van der Waals surface area contributed by atoms with E-state index in [-0.39, 0.29) is 18.5 Å². The Labute approximate surface area is 192 Å². The lowest BCUT2D eigenvalue weighted by molar-refractivity contribution is -0.0473. The zero-order valence-electron chi connectivity index (χ0n) is 18.5. The molecule has 0 unspecified atom stereocenters. The van der Waals surface area contributed by atoms with Crippen LogP contribution in [-0.2, 0) is 11.2 Å². The highest BCUT2D eigenvalue weighted by atomic mass is 35.5. The summed E-state index contributed by atoms with van der Waals surface area (Å²) in [6, 6.07) is 17.8. The predicted octanol–water partition coefficient (Wildman–Crippen LogP) is 5.33. The van der Waals surface area contributed by atoms with Crippen LogP contribution in [0.2, 0.25) is 0 Å². The van der Waals surface area contributed by atoms with Crippen LogP contribution in [0.5, 0.6) is 5.75 Å². The predicted molar refractivity (Wildman–Crippen MR) is 128 cm³/mol. The molecule has 0 spiro atoms. The first-order chi connectivity index (χ1) is 14.8. The third kappa shape index (κ3) is 4.87. The Balaban J connectivity index is 0.00000231. The Morgan fingerprint density at radius 1 is 1.06 bits per heavy atom. The molecule has 0 saturated carbocycles. The molecule has 168 valence electrons. The third-order valence-corrected chi connectivity index (χ3v) is 7.42. The monoisotopic (exact) mass is 442 g/mol. The van der Waals surface area contributed by atoms with Crippen LogP contribution in [0.1, 0.15) is 42.9 Å². The van der Waals surface area contributed by atoms with E-state index >= 15 is 0 Å². The number of methoxy groups -OCH3 is 1. The maximum absolute atomic E-state index is 6.33. The number of nitrogens with zero attached hydrogens (tertiary/aromatic N) is 1. The largest absolute Gasteiger partial charge is 0.497 e. The van der Waals surface area contributed by atoms with Crippen molar-refractivity contribution in [3.05, 3.63) is 59.7 Å². The van der Waals surface area contributed by atoms with Crippen LogP contribution in [0.15, 0.2) is 48.5 Å². The standard InChI is InChI=1S/C26H34N2O2.ClH/c1-29-21-9-10-24-23(18-21)26-22(8-5-17-30-26)25(27-24)20-12-15-28(16-13-20)14-11-19-6-3-2-4-7-19;/h2-4,6-7,9-10,18,20,22,25-27H,5,8,11-17H2,1H3;1H/t22-,25+,26-;/m0./s1. The summed E-state index contributed by atoms with van der Waals surface area (Å²) in [5.74, 6) is 2.22. The van der Waals surface area contributed by atoms with Crippen LogP contribution >= 0.6 is 12.4 Å². The van der Waals surface area contributed by atoms with Crippen molar-refractivity contribution in [2.24, 2.45) is 11.8 Å². The van der Waals surface area contributed by atoms with Crippen LogP contribution < -0.4 is 10.1 Å². The van der Waals surface area contributed by atoms with E-state index in [1.807, 2.05) is 0 Å². The van der Waals surface area contributed by atoms with Gasteiger partial charge < -0.3 is 19.7 Å². The summed E-state index contributed by atoms with van der Waals surface area (Å²) in [6.45, 7) is 4.47. The number of nitrogens with one attached hydrogen (secondary N) is 1. The van der Waals surface area contributed by atoms with E-state index in [1.54, 1.807) is 7.11 Å². The number of likely N-dealkylation sites (tertiary alicyclic amines) is 1. The molecule has 0 aliphatic carbocycles. The van der Waals surface area contributed by atoms with E-state index in [2.05, 4.69) is 58.7 Å². The van der Waals surface area contributed by atoms with E-state index in [4.69, 9.17) is 9.47 Å². The minimum absolute atomic E-state index is 0. The number of fused-ring (bicyclic) bond motifs is 3. The molecular weight excluding hydrogens is 408 g/mol. The van der Waals surface area contributed by atoms with Gasteiger partial charge in [0.1, 0.15) is 5.75 Å². The third-order valence-electron chi connectivity index (χ3n) is 7.42. The Hall–Kier alpha value is -1.75. The lowest BCUT2D eigenvalue weighted by Crippen LogP contribution is -2.49. The normalized spacial score (nSPS) is 26.2. The minimum Gasteiger partial charge on any atom is -0.497 e. The van der Waals surface area contributed by atoms with Crippen molar-refractivity contribution < 1.29 is 9.47 Å². The van der Waals surface area contributed by atoms with E-state index < -0.39 is 0 Å². The summed E-state index contributed by atoms with van der Waals surface area (Å²) in [5.41, 5.74) is 3.98. The van der Waals surface area contributed by atoms with Gasteiger partial charge in [-0.05, 0) is 74.9 Å². The first kappa shape index (κ1) is 22.4. The zero-order valence-corrected chi connectivity index (χ0v) is 19.3. The molecule has 2 aromatic rings. The summed E-state index contributed by atoms with van der Waals surface area (Å²) in [6.07, 6.45) is 6.36. The summed E-state index contributed by atoms with van der Waals surface area (Å²) in [7, 11) is 1.74. The lowest BCUT2D eigenvalue weighted by Gasteiger charge is -2.48. The molecule has 2 fully saturated rings. The summed E-state index contributed by atoms with van der Waals surface area (Å²) in [5, 5.41) is 3.94. The molecule has 2 saturated heterocycles. The number of piperidine rings is 1. The van der Waals surface area contributed by atoms with E-state index in [0.717, 1.165) is 24.7 Å². The number of ether oxygens (including phenoxy) is 2. The van der Waals surface area contributed by atoms with Gasteiger partial charge in [0, 0.05) is 36.4 Å². The second-order valence-electron chi connectivity index (χ2n) is 9.14. The Morgan fingerprint density at radius 2 is 1.87 bits per heavy atom. The highest BCUT2D eigenvalue weighted by Crippen LogP contribution is 2.47. The second kappa shape index (κ2) is 10.2. The number of hydrogen-bond acceptors (Lipinski definition) is 4. The van der Waals surface area contributed by atoms with Gasteiger partial charge in [-0.1, -0.05) is 30.3 Å². The van der Waals surface area contributed by atoms with E-state index in [1.165, 1.54) is 62.1 Å². The van der Waals surface area contributed by atoms with Crippen LogP contribution in [-0.4, -0.2) is 44.3 Å². The number of halogens is 1. The van der Waals surface area contributed by atoms with Crippen molar-refractivity contribution in [1.82, 2.24) is 4.90 Å². The maximum Gasteiger partial charge on any atom is 0.119 e. The topological polar surface area (TPSA) is 33.7 Å². The molecule has 4 nitrogen and oxygen atoms in total. The average molecular weight is 443 g/mol. The summed E-state index contributed by atoms with van der Waals surface area (Å²) >= 11 is 0. The van der Waals surface area contributed by atoms with Crippen molar-refractivity contribution in [1.29, 1.82) is 0 Å². The van der Waals surface area contributed by atoms with Gasteiger partial charge in [0.05, 0.1) is 13.2 Å². The molecule has 3 heterocycles. The molecule has 5 rings (SSSR count). The molecule has 3 atom stereocenters. The molecule has 0 bridgehead atoms. The van der Waals surface area contributed by atoms with Crippen molar-refractivity contribution in [2.45, 2.75) is 44.2 Å². The van der Waals surface area contributed by atoms with Gasteiger partial charge in [0.2, 0.25) is 0 Å². The Morgan fingerprint density at radius 3 is 2.65 bits per heavy atom. The smallest absolute Gasteiger partial charge is 0.119 e. The van der Waals surface area contributed by atoms with Gasteiger partial charge >= 0.3 is 0 Å². The van der Waals surface area contributed by atoms with Gasteiger partial charge in [-0.15, -0.1) is 12.4 Å². The average Bonchev–Trinajstić information content (AvgIpc) is 2.83. The van der Waals surface area contributed by atoms with Gasteiger partial charge in [-0.3, -0.25) is 0 Å². The molecule has 3 aliphatic heterocycles. The van der Waals surface area contributed by atoms with Crippen molar-refractivity contribution in [2.75, 3.05) is 38.7 Å². The summed E-state index contributed by atoms with van der Waals surface area (Å²) in [4.78, 5) is 2.65. The Kier molecular flexibility index (Phi) is 7.42. The molecule has 1 N–H and O–H groups in total. The van der Waals surface area contributed by atoms with E-state index in [9.17, 15) is 0 Å². The first-order valence-corrected chi connectivity index (χ1v) is 11.6. The summed E-state index contributed by atoms with van der Waals surface area (Å²) < 4.78 is 11.8. The van der Waals surface area contributed by atoms with Gasteiger partial charge in [-0.2, -0.15) is 0 Å². The number of hydrogen-bond donors (Lipinski definition) is 1. The minimum atomic E-state index is 0. The molecule has 2 aromatic carbocycles. The SMILES string of the molecule is COc1ccc2c(c1)[C@H]1OCCC[C@H]1[C@@H](C1CCN(CCc3ccccc3)CC1)N2.Cl. The van der Waals surface area contributed by atoms with Gasteiger partial charge in [0.15, 0.2) is 0 Å². The highest BCUT2D eigenvalue weighted by molar-refractivity contribution is 5.85. The molecule has 0 radical (unpaired) electrons. The molecular formula is C26H35ClN2O2. The van der Waals surface area contributed by atoms with Gasteiger partial charge in [0.25, 0.3) is 0 Å². The molecule has 5 heteroatoms.